The molecule has 2 amide bonds. The number of rotatable bonds is 6. The smallest absolute Gasteiger partial charge is 0.323 e. The summed E-state index contributed by atoms with van der Waals surface area (Å²) in [5, 5.41) is 11.8. The number of carboxylic acid groups (broad SMARTS) is 1. The van der Waals surface area contributed by atoms with Crippen LogP contribution in [0.5, 0.6) is 0 Å². The Hall–Kier alpha value is -2.04. The van der Waals surface area contributed by atoms with Crippen LogP contribution in [0.2, 0.25) is 0 Å². The molecular weight excluding hydrogens is 268 g/mol. The van der Waals surface area contributed by atoms with Crippen molar-refractivity contribution in [2.24, 2.45) is 0 Å². The molecule has 21 heavy (non-hydrogen) atoms. The van der Waals surface area contributed by atoms with Crippen LogP contribution in [0.15, 0.2) is 24.3 Å². The highest BCUT2D eigenvalue weighted by Crippen LogP contribution is 2.14. The number of carbonyl (C=O) groups excluding carboxylic acids is 1. The maximum atomic E-state index is 12.3. The van der Waals surface area contributed by atoms with Gasteiger partial charge in [0.2, 0.25) is 0 Å². The Morgan fingerprint density at radius 2 is 1.81 bits per heavy atom. The van der Waals surface area contributed by atoms with Gasteiger partial charge in [-0.15, -0.1) is 0 Å². The molecule has 1 aromatic rings. The fraction of sp³-hybridized carbons (Fsp3) is 0.500. The summed E-state index contributed by atoms with van der Waals surface area (Å²) in [6, 6.07) is 7.27. The van der Waals surface area contributed by atoms with E-state index in [0.717, 1.165) is 11.1 Å². The predicted molar refractivity (Wildman–Crippen MR) is 82.2 cm³/mol. The highest BCUT2D eigenvalue weighted by molar-refractivity contribution is 5.80. The number of aryl methyl sites for hydroxylation is 1. The van der Waals surface area contributed by atoms with E-state index in [1.165, 1.54) is 4.90 Å². The van der Waals surface area contributed by atoms with Crippen molar-refractivity contribution >= 4 is 12.0 Å². The summed E-state index contributed by atoms with van der Waals surface area (Å²) in [7, 11) is 0. The number of carboxylic acids is 1. The van der Waals surface area contributed by atoms with Gasteiger partial charge in [-0.2, -0.15) is 0 Å². The third-order valence-corrected chi connectivity index (χ3v) is 3.61. The van der Waals surface area contributed by atoms with Crippen LogP contribution in [-0.4, -0.2) is 34.6 Å². The van der Waals surface area contributed by atoms with Gasteiger partial charge in [0.25, 0.3) is 0 Å². The topological polar surface area (TPSA) is 69.6 Å². The van der Waals surface area contributed by atoms with Gasteiger partial charge in [0.15, 0.2) is 0 Å². The van der Waals surface area contributed by atoms with E-state index in [-0.39, 0.29) is 24.7 Å². The summed E-state index contributed by atoms with van der Waals surface area (Å²) >= 11 is 0. The number of carbonyl (C=O) groups is 2. The molecule has 0 bridgehead atoms. The first-order valence-electron chi connectivity index (χ1n) is 7.20. The average molecular weight is 292 g/mol. The summed E-state index contributed by atoms with van der Waals surface area (Å²) in [6.07, 6.45) is 0.708. The molecule has 0 aromatic heterocycles. The van der Waals surface area contributed by atoms with Gasteiger partial charge in [-0.1, -0.05) is 36.8 Å². The number of urea groups is 1. The Balaban J connectivity index is 2.75. The summed E-state index contributed by atoms with van der Waals surface area (Å²) in [4.78, 5) is 24.5. The number of nitrogens with zero attached hydrogens (tertiary/aromatic N) is 1. The zero-order valence-corrected chi connectivity index (χ0v) is 13.1. The van der Waals surface area contributed by atoms with Crippen LogP contribution in [0.25, 0.3) is 0 Å². The summed E-state index contributed by atoms with van der Waals surface area (Å²) in [6.45, 7) is 7.37. The molecule has 0 saturated carbocycles. The lowest BCUT2D eigenvalue weighted by Gasteiger charge is -2.28. The molecule has 0 radical (unpaired) electrons. The summed E-state index contributed by atoms with van der Waals surface area (Å²) < 4.78 is 0. The normalized spacial score (nSPS) is 13.3. The highest BCUT2D eigenvalue weighted by atomic mass is 16.4. The zero-order chi connectivity index (χ0) is 16.0. The van der Waals surface area contributed by atoms with E-state index in [1.54, 1.807) is 0 Å². The standard InChI is InChI=1S/C16H24N2O3/c1-5-12(3)18(10-15(19)20)16(21)17-13(4)14-8-6-11(2)7-9-14/h6-9,12-13H,5,10H2,1-4H3,(H,17,21)(H,19,20). The van der Waals surface area contributed by atoms with Crippen LogP contribution in [0, 0.1) is 6.92 Å². The van der Waals surface area contributed by atoms with Crippen molar-refractivity contribution in [1.82, 2.24) is 10.2 Å². The lowest BCUT2D eigenvalue weighted by molar-refractivity contribution is -0.138. The van der Waals surface area contributed by atoms with Crippen molar-refractivity contribution in [2.45, 2.75) is 46.2 Å². The Labute approximate surface area is 126 Å². The van der Waals surface area contributed by atoms with Crippen molar-refractivity contribution < 1.29 is 14.7 Å². The molecule has 5 nitrogen and oxygen atoms in total. The van der Waals surface area contributed by atoms with E-state index in [1.807, 2.05) is 52.0 Å². The molecule has 1 aromatic carbocycles. The highest BCUT2D eigenvalue weighted by Gasteiger charge is 2.22. The number of nitrogens with one attached hydrogen (secondary N) is 1. The molecule has 1 rings (SSSR count). The molecular formula is C16H24N2O3. The average Bonchev–Trinajstić information content (AvgIpc) is 2.44. The van der Waals surface area contributed by atoms with E-state index in [2.05, 4.69) is 5.32 Å². The summed E-state index contributed by atoms with van der Waals surface area (Å²) in [5.41, 5.74) is 2.15. The molecule has 2 N–H and O–H groups in total. The number of hydrogen-bond donors (Lipinski definition) is 2. The molecule has 0 spiro atoms. The van der Waals surface area contributed by atoms with Gasteiger partial charge < -0.3 is 15.3 Å². The van der Waals surface area contributed by atoms with Crippen LogP contribution in [-0.2, 0) is 4.79 Å². The second-order valence-corrected chi connectivity index (χ2v) is 5.36. The van der Waals surface area contributed by atoms with Gasteiger partial charge in [0.05, 0.1) is 6.04 Å². The Morgan fingerprint density at radius 3 is 2.29 bits per heavy atom. The quantitative estimate of drug-likeness (QED) is 0.847. The molecule has 2 unspecified atom stereocenters. The third-order valence-electron chi connectivity index (χ3n) is 3.61. The minimum atomic E-state index is -1.01. The van der Waals surface area contributed by atoms with Gasteiger partial charge in [0.1, 0.15) is 6.54 Å². The Bertz CT molecular complexity index is 485. The first-order valence-corrected chi connectivity index (χ1v) is 7.20. The Kier molecular flexibility index (Phi) is 6.21. The molecule has 2 atom stereocenters. The molecule has 0 heterocycles. The number of amides is 2. The van der Waals surface area contributed by atoms with Crippen molar-refractivity contribution in [1.29, 1.82) is 0 Å². The fourth-order valence-corrected chi connectivity index (χ4v) is 2.00. The second-order valence-electron chi connectivity index (χ2n) is 5.36. The van der Waals surface area contributed by atoms with Gasteiger partial charge in [0, 0.05) is 6.04 Å². The SMILES string of the molecule is CCC(C)N(CC(=O)O)C(=O)NC(C)c1ccc(C)cc1. The van der Waals surface area contributed by atoms with Crippen molar-refractivity contribution in [3.05, 3.63) is 35.4 Å². The van der Waals surface area contributed by atoms with Crippen LogP contribution >= 0.6 is 0 Å². The molecule has 0 fully saturated rings. The van der Waals surface area contributed by atoms with Gasteiger partial charge in [-0.25, -0.2) is 4.79 Å². The molecule has 5 heteroatoms. The molecule has 0 aliphatic carbocycles. The van der Waals surface area contributed by atoms with E-state index in [4.69, 9.17) is 5.11 Å². The van der Waals surface area contributed by atoms with Crippen LogP contribution < -0.4 is 5.32 Å². The first kappa shape index (κ1) is 17.0. The first-order chi connectivity index (χ1) is 9.85. The lowest BCUT2D eigenvalue weighted by atomic mass is 10.1. The largest absolute Gasteiger partial charge is 0.480 e. The van der Waals surface area contributed by atoms with E-state index < -0.39 is 5.97 Å². The number of benzene rings is 1. The van der Waals surface area contributed by atoms with Gasteiger partial charge in [-0.3, -0.25) is 4.79 Å². The predicted octanol–water partition coefficient (Wildman–Crippen LogP) is 2.95. The van der Waals surface area contributed by atoms with Crippen molar-refractivity contribution in [3.63, 3.8) is 0 Å². The minimum absolute atomic E-state index is 0.119. The van der Waals surface area contributed by atoms with Crippen molar-refractivity contribution in [3.8, 4) is 0 Å². The molecule has 0 aliphatic heterocycles. The lowest BCUT2D eigenvalue weighted by Crippen LogP contribution is -2.47. The van der Waals surface area contributed by atoms with Gasteiger partial charge >= 0.3 is 12.0 Å². The van der Waals surface area contributed by atoms with E-state index in [0.29, 0.717) is 6.42 Å². The third kappa shape index (κ3) is 5.10. The zero-order valence-electron chi connectivity index (χ0n) is 13.1. The summed E-state index contributed by atoms with van der Waals surface area (Å²) in [5.74, 6) is -1.01. The monoisotopic (exact) mass is 292 g/mol. The van der Waals surface area contributed by atoms with Crippen LogP contribution in [0.1, 0.15) is 44.4 Å². The maximum absolute atomic E-state index is 12.3. The minimum Gasteiger partial charge on any atom is -0.480 e. The van der Waals surface area contributed by atoms with Crippen LogP contribution in [0.3, 0.4) is 0 Å². The molecule has 0 saturated heterocycles. The number of aliphatic carboxylic acids is 1. The van der Waals surface area contributed by atoms with E-state index >= 15 is 0 Å². The maximum Gasteiger partial charge on any atom is 0.323 e. The Morgan fingerprint density at radius 1 is 1.24 bits per heavy atom. The fourth-order valence-electron chi connectivity index (χ4n) is 2.00. The second kappa shape index (κ2) is 7.67. The van der Waals surface area contributed by atoms with Crippen LogP contribution in [0.4, 0.5) is 4.79 Å². The van der Waals surface area contributed by atoms with E-state index in [9.17, 15) is 9.59 Å². The molecule has 116 valence electrons. The molecule has 0 aliphatic rings. The van der Waals surface area contributed by atoms with Crippen molar-refractivity contribution in [2.75, 3.05) is 6.54 Å². The number of hydrogen-bond acceptors (Lipinski definition) is 2. The van der Waals surface area contributed by atoms with Gasteiger partial charge in [-0.05, 0) is 32.8 Å².